The summed E-state index contributed by atoms with van der Waals surface area (Å²) in [5.74, 6) is 2.33. The fourth-order valence-corrected chi connectivity index (χ4v) is 2.85. The summed E-state index contributed by atoms with van der Waals surface area (Å²) in [7, 11) is 0. The Morgan fingerprint density at radius 3 is 2.95 bits per heavy atom. The van der Waals surface area contributed by atoms with Gasteiger partial charge in [0.05, 0.1) is 0 Å². The van der Waals surface area contributed by atoms with Crippen LogP contribution in [0, 0.1) is 19.8 Å². The zero-order valence-corrected chi connectivity index (χ0v) is 12.9. The molecule has 0 spiro atoms. The number of nitrogens with one attached hydrogen (secondary N) is 1. The van der Waals surface area contributed by atoms with E-state index >= 15 is 0 Å². The molecule has 1 unspecified atom stereocenters. The minimum Gasteiger partial charge on any atom is -0.339 e. The van der Waals surface area contributed by atoms with Crippen LogP contribution in [0.15, 0.2) is 22.7 Å². The first-order valence-electron chi connectivity index (χ1n) is 7.79. The summed E-state index contributed by atoms with van der Waals surface area (Å²) in [6, 6.07) is 6.50. The third kappa shape index (κ3) is 3.70. The van der Waals surface area contributed by atoms with Crippen molar-refractivity contribution in [2.45, 2.75) is 39.5 Å². The zero-order valence-electron chi connectivity index (χ0n) is 12.9. The molecule has 0 aliphatic carbocycles. The molecule has 0 radical (unpaired) electrons. The van der Waals surface area contributed by atoms with E-state index in [-0.39, 0.29) is 0 Å². The summed E-state index contributed by atoms with van der Waals surface area (Å²) < 4.78 is 5.37. The largest absolute Gasteiger partial charge is 0.339 e. The highest BCUT2D eigenvalue weighted by Gasteiger charge is 2.16. The van der Waals surface area contributed by atoms with Gasteiger partial charge in [0.15, 0.2) is 5.82 Å². The molecule has 1 atom stereocenters. The van der Waals surface area contributed by atoms with Crippen LogP contribution in [0.25, 0.3) is 0 Å². The summed E-state index contributed by atoms with van der Waals surface area (Å²) in [6.07, 6.45) is 4.05. The molecule has 112 valence electrons. The third-order valence-corrected chi connectivity index (χ3v) is 4.37. The van der Waals surface area contributed by atoms with Crippen molar-refractivity contribution in [3.63, 3.8) is 0 Å². The van der Waals surface area contributed by atoms with E-state index in [2.05, 4.69) is 47.5 Å². The summed E-state index contributed by atoms with van der Waals surface area (Å²) in [4.78, 5) is 4.52. The summed E-state index contributed by atoms with van der Waals surface area (Å²) >= 11 is 0. The summed E-state index contributed by atoms with van der Waals surface area (Å²) in [5.41, 5.74) is 3.87. The standard InChI is InChI=1S/C17H23N3O/c1-12-3-4-15(9-13(12)2)10-16-19-17(21-20-16)6-5-14-7-8-18-11-14/h3-4,9,14,18H,5-8,10-11H2,1-2H3. The molecule has 2 heterocycles. The van der Waals surface area contributed by atoms with Crippen LogP contribution in [0.5, 0.6) is 0 Å². The Labute approximate surface area is 126 Å². The lowest BCUT2D eigenvalue weighted by molar-refractivity contribution is 0.361. The number of rotatable bonds is 5. The highest BCUT2D eigenvalue weighted by atomic mass is 16.5. The van der Waals surface area contributed by atoms with Gasteiger partial charge in [0.2, 0.25) is 5.89 Å². The van der Waals surface area contributed by atoms with Crippen molar-refractivity contribution in [1.29, 1.82) is 0 Å². The van der Waals surface area contributed by atoms with E-state index in [1.165, 1.54) is 23.1 Å². The SMILES string of the molecule is Cc1ccc(Cc2noc(CCC3CCNC3)n2)cc1C. The number of hydrogen-bond acceptors (Lipinski definition) is 4. The van der Waals surface area contributed by atoms with Crippen LogP contribution in [0.2, 0.25) is 0 Å². The van der Waals surface area contributed by atoms with Crippen LogP contribution >= 0.6 is 0 Å². The normalized spacial score (nSPS) is 18.3. The summed E-state index contributed by atoms with van der Waals surface area (Å²) in [6.45, 7) is 6.54. The molecule has 1 aromatic heterocycles. The zero-order chi connectivity index (χ0) is 14.7. The molecule has 21 heavy (non-hydrogen) atoms. The first-order valence-corrected chi connectivity index (χ1v) is 7.79. The fraction of sp³-hybridized carbons (Fsp3) is 0.529. The van der Waals surface area contributed by atoms with Crippen LogP contribution in [-0.4, -0.2) is 23.2 Å². The van der Waals surface area contributed by atoms with Crippen molar-refractivity contribution >= 4 is 0 Å². The molecule has 1 saturated heterocycles. The van der Waals surface area contributed by atoms with Gasteiger partial charge in [-0.15, -0.1) is 0 Å². The van der Waals surface area contributed by atoms with Gasteiger partial charge in [-0.2, -0.15) is 4.98 Å². The Balaban J connectivity index is 1.57. The van der Waals surface area contributed by atoms with Gasteiger partial charge in [-0.1, -0.05) is 23.4 Å². The van der Waals surface area contributed by atoms with Gasteiger partial charge in [-0.25, -0.2) is 0 Å². The number of benzene rings is 1. The Morgan fingerprint density at radius 1 is 1.29 bits per heavy atom. The number of hydrogen-bond donors (Lipinski definition) is 1. The van der Waals surface area contributed by atoms with E-state index in [1.54, 1.807) is 0 Å². The van der Waals surface area contributed by atoms with E-state index in [9.17, 15) is 0 Å². The van der Waals surface area contributed by atoms with Crippen LogP contribution in [0.4, 0.5) is 0 Å². The van der Waals surface area contributed by atoms with Crippen molar-refractivity contribution in [3.8, 4) is 0 Å². The van der Waals surface area contributed by atoms with Crippen LogP contribution in [0.1, 0.15) is 41.2 Å². The average molecular weight is 285 g/mol. The second kappa shape index (κ2) is 6.39. The highest BCUT2D eigenvalue weighted by Crippen LogP contribution is 2.16. The van der Waals surface area contributed by atoms with Crippen molar-refractivity contribution in [2.75, 3.05) is 13.1 Å². The molecule has 0 saturated carbocycles. The van der Waals surface area contributed by atoms with Gasteiger partial charge in [0, 0.05) is 12.8 Å². The molecule has 1 aromatic carbocycles. The van der Waals surface area contributed by atoms with Crippen LogP contribution in [-0.2, 0) is 12.8 Å². The van der Waals surface area contributed by atoms with Crippen molar-refractivity contribution < 1.29 is 4.52 Å². The second-order valence-electron chi connectivity index (χ2n) is 6.10. The van der Waals surface area contributed by atoms with E-state index < -0.39 is 0 Å². The maximum Gasteiger partial charge on any atom is 0.226 e. The third-order valence-electron chi connectivity index (χ3n) is 4.37. The quantitative estimate of drug-likeness (QED) is 0.918. The Hall–Kier alpha value is -1.68. The Kier molecular flexibility index (Phi) is 4.34. The smallest absolute Gasteiger partial charge is 0.226 e. The molecule has 2 aromatic rings. The molecule has 1 fully saturated rings. The lowest BCUT2D eigenvalue weighted by Gasteiger charge is -2.04. The highest BCUT2D eigenvalue weighted by molar-refractivity contribution is 5.31. The van der Waals surface area contributed by atoms with Crippen LogP contribution in [0.3, 0.4) is 0 Å². The Bertz CT molecular complexity index is 600. The monoisotopic (exact) mass is 285 g/mol. The van der Waals surface area contributed by atoms with Crippen molar-refractivity contribution in [2.24, 2.45) is 5.92 Å². The van der Waals surface area contributed by atoms with Crippen molar-refractivity contribution in [3.05, 3.63) is 46.6 Å². The number of nitrogens with zero attached hydrogens (tertiary/aromatic N) is 2. The second-order valence-corrected chi connectivity index (χ2v) is 6.10. The minimum absolute atomic E-state index is 0.746. The lowest BCUT2D eigenvalue weighted by Crippen LogP contribution is -2.09. The molecule has 0 bridgehead atoms. The van der Waals surface area contributed by atoms with Gasteiger partial charge in [-0.3, -0.25) is 0 Å². The van der Waals surface area contributed by atoms with Gasteiger partial charge in [0.25, 0.3) is 0 Å². The molecule has 3 rings (SSSR count). The topological polar surface area (TPSA) is 51.0 Å². The molecule has 1 aliphatic heterocycles. The van der Waals surface area contributed by atoms with E-state index in [4.69, 9.17) is 4.52 Å². The fourth-order valence-electron chi connectivity index (χ4n) is 2.85. The first-order chi connectivity index (χ1) is 10.2. The molecule has 4 nitrogen and oxygen atoms in total. The predicted molar refractivity (Wildman–Crippen MR) is 82.3 cm³/mol. The van der Waals surface area contributed by atoms with E-state index in [0.29, 0.717) is 0 Å². The average Bonchev–Trinajstić information content (AvgIpc) is 3.12. The molecular formula is C17H23N3O. The van der Waals surface area contributed by atoms with Gasteiger partial charge in [-0.05, 0) is 62.4 Å². The van der Waals surface area contributed by atoms with Crippen LogP contribution < -0.4 is 5.32 Å². The Morgan fingerprint density at radius 2 is 2.19 bits per heavy atom. The van der Waals surface area contributed by atoms with Gasteiger partial charge >= 0.3 is 0 Å². The molecule has 4 heteroatoms. The molecule has 1 aliphatic rings. The minimum atomic E-state index is 0.746. The lowest BCUT2D eigenvalue weighted by atomic mass is 10.0. The molecule has 0 amide bonds. The molecular weight excluding hydrogens is 262 g/mol. The molecule has 1 N–H and O–H groups in total. The van der Waals surface area contributed by atoms with Crippen molar-refractivity contribution in [1.82, 2.24) is 15.5 Å². The summed E-state index contributed by atoms with van der Waals surface area (Å²) in [5, 5.41) is 7.50. The number of aryl methyl sites for hydroxylation is 3. The predicted octanol–water partition coefficient (Wildman–Crippen LogP) is 2.82. The number of aromatic nitrogens is 2. The maximum absolute atomic E-state index is 5.37. The first kappa shape index (κ1) is 14.3. The maximum atomic E-state index is 5.37. The van der Waals surface area contributed by atoms with E-state index in [1.807, 2.05) is 0 Å². The van der Waals surface area contributed by atoms with Gasteiger partial charge < -0.3 is 9.84 Å². The van der Waals surface area contributed by atoms with Gasteiger partial charge in [0.1, 0.15) is 0 Å². The van der Waals surface area contributed by atoms with E-state index in [0.717, 1.165) is 50.0 Å².